The van der Waals surface area contributed by atoms with Gasteiger partial charge in [0.15, 0.2) is 15.0 Å². The lowest BCUT2D eigenvalue weighted by molar-refractivity contribution is -0.134. The number of aromatic nitrogens is 2. The lowest BCUT2D eigenvalue weighted by Crippen LogP contribution is -2.45. The van der Waals surface area contributed by atoms with Gasteiger partial charge in [-0.05, 0) is 13.3 Å². The molecule has 3 N–H and O–H groups in total. The summed E-state index contributed by atoms with van der Waals surface area (Å²) in [7, 11) is -3.07. The number of hydrogen-bond acceptors (Lipinski definition) is 7. The van der Waals surface area contributed by atoms with E-state index < -0.39 is 9.84 Å². The van der Waals surface area contributed by atoms with Crippen LogP contribution in [-0.4, -0.2) is 71.2 Å². The van der Waals surface area contributed by atoms with Crippen LogP contribution in [0.3, 0.4) is 0 Å². The van der Waals surface area contributed by atoms with Gasteiger partial charge in [-0.25, -0.2) is 18.1 Å². The molecular formula is C19H25N5O4S2. The third kappa shape index (κ3) is 5.76. The standard InChI is InChI=1S/C19H25N5O4S2/c1-2-23(11-17(25)21-15-8-9-30(27,28)13-15)18(26)12-29-19-22-16(10-24(19)20)14-6-4-3-5-7-14/h3-7,10,15H,2,8-9,11-13,20H2,1H3,(H,21,25). The number of amides is 2. The normalized spacial score (nSPS) is 17.6. The molecule has 0 radical (unpaired) electrons. The number of imidazole rings is 1. The summed E-state index contributed by atoms with van der Waals surface area (Å²) in [6, 6.07) is 9.20. The molecule has 1 aliphatic heterocycles. The molecule has 0 spiro atoms. The second kappa shape index (κ2) is 9.52. The van der Waals surface area contributed by atoms with Crippen LogP contribution in [0.4, 0.5) is 0 Å². The molecule has 3 rings (SSSR count). The van der Waals surface area contributed by atoms with Crippen LogP contribution in [0.1, 0.15) is 13.3 Å². The van der Waals surface area contributed by atoms with E-state index in [9.17, 15) is 18.0 Å². The molecule has 1 aromatic heterocycles. The molecule has 1 unspecified atom stereocenters. The average molecular weight is 452 g/mol. The van der Waals surface area contributed by atoms with Crippen LogP contribution in [0.15, 0.2) is 41.7 Å². The van der Waals surface area contributed by atoms with Crippen molar-refractivity contribution in [1.82, 2.24) is 19.9 Å². The van der Waals surface area contributed by atoms with E-state index >= 15 is 0 Å². The Morgan fingerprint density at radius 2 is 2.07 bits per heavy atom. The van der Waals surface area contributed by atoms with Gasteiger partial charge in [0.2, 0.25) is 11.8 Å². The number of carbonyl (C=O) groups is 2. The number of nitrogen functional groups attached to an aromatic ring is 1. The Morgan fingerprint density at radius 3 is 2.70 bits per heavy atom. The molecule has 1 fully saturated rings. The second-order valence-corrected chi connectivity index (χ2v) is 10.2. The Balaban J connectivity index is 1.53. The molecule has 1 aliphatic rings. The van der Waals surface area contributed by atoms with Gasteiger partial charge in [0, 0.05) is 18.2 Å². The van der Waals surface area contributed by atoms with Gasteiger partial charge in [-0.1, -0.05) is 42.1 Å². The summed E-state index contributed by atoms with van der Waals surface area (Å²) in [6.45, 7) is 2.04. The van der Waals surface area contributed by atoms with Crippen molar-refractivity contribution in [3.63, 3.8) is 0 Å². The van der Waals surface area contributed by atoms with Crippen molar-refractivity contribution in [3.05, 3.63) is 36.5 Å². The molecule has 0 aliphatic carbocycles. The number of benzene rings is 1. The van der Waals surface area contributed by atoms with E-state index in [1.165, 1.54) is 21.3 Å². The number of likely N-dealkylation sites (N-methyl/N-ethyl adjacent to an activating group) is 1. The molecule has 1 saturated heterocycles. The van der Waals surface area contributed by atoms with Gasteiger partial charge >= 0.3 is 0 Å². The topological polar surface area (TPSA) is 127 Å². The highest BCUT2D eigenvalue weighted by molar-refractivity contribution is 7.99. The van der Waals surface area contributed by atoms with Crippen LogP contribution in [0, 0.1) is 0 Å². The fourth-order valence-electron chi connectivity index (χ4n) is 3.18. The van der Waals surface area contributed by atoms with Crippen LogP contribution >= 0.6 is 11.8 Å². The molecule has 0 saturated carbocycles. The Kier molecular flexibility index (Phi) is 7.03. The van der Waals surface area contributed by atoms with Crippen LogP contribution < -0.4 is 11.2 Å². The van der Waals surface area contributed by atoms with E-state index in [0.717, 1.165) is 5.56 Å². The van der Waals surface area contributed by atoms with E-state index in [-0.39, 0.29) is 41.7 Å². The number of carbonyl (C=O) groups excluding carboxylic acids is 2. The first-order valence-corrected chi connectivity index (χ1v) is 12.4. The molecule has 2 aromatic rings. The summed E-state index contributed by atoms with van der Waals surface area (Å²) in [5.41, 5.74) is 1.64. The molecule has 2 heterocycles. The van der Waals surface area contributed by atoms with E-state index in [2.05, 4.69) is 10.3 Å². The van der Waals surface area contributed by atoms with Crippen molar-refractivity contribution in [2.75, 3.05) is 36.2 Å². The summed E-state index contributed by atoms with van der Waals surface area (Å²) >= 11 is 1.20. The van der Waals surface area contributed by atoms with Gasteiger partial charge in [0.1, 0.15) is 0 Å². The van der Waals surface area contributed by atoms with Gasteiger partial charge in [0.25, 0.3) is 0 Å². The highest BCUT2D eigenvalue weighted by Crippen LogP contribution is 2.23. The van der Waals surface area contributed by atoms with Gasteiger partial charge in [-0.3, -0.25) is 9.59 Å². The molecule has 0 bridgehead atoms. The predicted molar refractivity (Wildman–Crippen MR) is 116 cm³/mol. The molecule has 1 atom stereocenters. The summed E-state index contributed by atoms with van der Waals surface area (Å²) in [5, 5.41) is 3.20. The quantitative estimate of drug-likeness (QED) is 0.442. The fraction of sp³-hybridized carbons (Fsp3) is 0.421. The highest BCUT2D eigenvalue weighted by atomic mass is 32.2. The van der Waals surface area contributed by atoms with E-state index in [0.29, 0.717) is 23.8 Å². The zero-order valence-electron chi connectivity index (χ0n) is 16.7. The van der Waals surface area contributed by atoms with E-state index in [1.807, 2.05) is 30.3 Å². The van der Waals surface area contributed by atoms with Crippen LogP contribution in [0.5, 0.6) is 0 Å². The Morgan fingerprint density at radius 1 is 1.33 bits per heavy atom. The van der Waals surface area contributed by atoms with Crippen LogP contribution in [-0.2, 0) is 19.4 Å². The van der Waals surface area contributed by atoms with Crippen molar-refractivity contribution < 1.29 is 18.0 Å². The smallest absolute Gasteiger partial charge is 0.239 e. The third-order valence-electron chi connectivity index (χ3n) is 4.76. The first-order valence-electron chi connectivity index (χ1n) is 9.57. The number of sulfone groups is 1. The number of nitrogens with zero attached hydrogens (tertiary/aromatic N) is 3. The molecule has 11 heteroatoms. The van der Waals surface area contributed by atoms with Crippen molar-refractivity contribution in [3.8, 4) is 11.3 Å². The fourth-order valence-corrected chi connectivity index (χ4v) is 5.65. The highest BCUT2D eigenvalue weighted by Gasteiger charge is 2.29. The minimum absolute atomic E-state index is 0.0441. The van der Waals surface area contributed by atoms with Crippen molar-refractivity contribution in [2.24, 2.45) is 0 Å². The minimum Gasteiger partial charge on any atom is -0.351 e. The maximum Gasteiger partial charge on any atom is 0.239 e. The number of nitrogens with two attached hydrogens (primary N) is 1. The Bertz CT molecular complexity index is 1010. The average Bonchev–Trinajstić information content (AvgIpc) is 3.26. The maximum absolute atomic E-state index is 12.6. The number of hydrogen-bond donors (Lipinski definition) is 2. The van der Waals surface area contributed by atoms with Crippen LogP contribution in [0.25, 0.3) is 11.3 Å². The zero-order chi connectivity index (χ0) is 21.7. The van der Waals surface area contributed by atoms with Gasteiger partial charge in [-0.2, -0.15) is 0 Å². The molecule has 9 nitrogen and oxygen atoms in total. The molecular weight excluding hydrogens is 426 g/mol. The van der Waals surface area contributed by atoms with Gasteiger partial charge < -0.3 is 16.1 Å². The Hall–Kier alpha value is -2.53. The first kappa shape index (κ1) is 22.2. The zero-order valence-corrected chi connectivity index (χ0v) is 18.3. The second-order valence-electron chi connectivity index (χ2n) is 7.05. The van der Waals surface area contributed by atoms with Crippen molar-refractivity contribution in [1.29, 1.82) is 0 Å². The lowest BCUT2D eigenvalue weighted by Gasteiger charge is -2.21. The monoisotopic (exact) mass is 451 g/mol. The molecule has 30 heavy (non-hydrogen) atoms. The molecule has 1 aromatic carbocycles. The summed E-state index contributed by atoms with van der Waals surface area (Å²) in [5.74, 6) is 5.51. The number of rotatable bonds is 8. The summed E-state index contributed by atoms with van der Waals surface area (Å²) < 4.78 is 24.4. The van der Waals surface area contributed by atoms with Gasteiger partial charge in [0.05, 0.1) is 35.7 Å². The van der Waals surface area contributed by atoms with Crippen LogP contribution in [0.2, 0.25) is 0 Å². The molecule has 162 valence electrons. The SMILES string of the molecule is CCN(CC(=O)NC1CCS(=O)(=O)C1)C(=O)CSc1nc(-c2ccccc2)cn1N. The third-order valence-corrected chi connectivity index (χ3v) is 7.48. The molecule has 2 amide bonds. The van der Waals surface area contributed by atoms with Crippen molar-refractivity contribution >= 4 is 33.4 Å². The predicted octanol–water partition coefficient (Wildman–Crippen LogP) is 0.508. The Labute approximate surface area is 179 Å². The summed E-state index contributed by atoms with van der Waals surface area (Å²) in [4.78, 5) is 30.7. The van der Waals surface area contributed by atoms with E-state index in [4.69, 9.17) is 5.84 Å². The number of thioether (sulfide) groups is 1. The maximum atomic E-state index is 12.6. The minimum atomic E-state index is -3.07. The largest absolute Gasteiger partial charge is 0.351 e. The lowest BCUT2D eigenvalue weighted by atomic mass is 10.2. The van der Waals surface area contributed by atoms with Gasteiger partial charge in [-0.15, -0.1) is 0 Å². The van der Waals surface area contributed by atoms with E-state index in [1.54, 1.807) is 13.1 Å². The number of nitrogens with one attached hydrogen (secondary N) is 1. The summed E-state index contributed by atoms with van der Waals surface area (Å²) in [6.07, 6.45) is 2.11. The first-order chi connectivity index (χ1) is 14.3. The van der Waals surface area contributed by atoms with Crippen molar-refractivity contribution in [2.45, 2.75) is 24.5 Å².